The normalized spacial score (nSPS) is 13.1. The van der Waals surface area contributed by atoms with Gasteiger partial charge in [0.15, 0.2) is 0 Å². The monoisotopic (exact) mass is 254 g/mol. The Hall–Kier alpha value is -0.570. The number of hydrazine groups is 1. The summed E-state index contributed by atoms with van der Waals surface area (Å²) in [5, 5.41) is 0.805. The van der Waals surface area contributed by atoms with E-state index in [-0.39, 0.29) is 6.04 Å². The summed E-state index contributed by atoms with van der Waals surface area (Å²) in [6, 6.07) is 6.30. The minimum Gasteiger partial charge on any atom is -0.271 e. The fourth-order valence-corrected chi connectivity index (χ4v) is 2.52. The summed E-state index contributed by atoms with van der Waals surface area (Å²) in [5.41, 5.74) is 5.17. The van der Waals surface area contributed by atoms with Crippen LogP contribution in [0.5, 0.6) is 0 Å². The van der Waals surface area contributed by atoms with Crippen LogP contribution < -0.4 is 11.3 Å². The van der Waals surface area contributed by atoms with Gasteiger partial charge in [-0.05, 0) is 36.5 Å². The van der Waals surface area contributed by atoms with Crippen molar-refractivity contribution >= 4 is 11.6 Å². The lowest BCUT2D eigenvalue weighted by Crippen LogP contribution is -2.29. The van der Waals surface area contributed by atoms with Crippen molar-refractivity contribution in [3.8, 4) is 0 Å². The van der Waals surface area contributed by atoms with E-state index < -0.39 is 0 Å². The Labute approximate surface area is 110 Å². The van der Waals surface area contributed by atoms with Gasteiger partial charge in [-0.25, -0.2) is 0 Å². The van der Waals surface area contributed by atoms with E-state index in [1.807, 2.05) is 13.0 Å². The molecule has 2 nitrogen and oxygen atoms in total. The molecule has 0 aliphatic carbocycles. The molecule has 3 heteroatoms. The largest absolute Gasteiger partial charge is 0.271 e. The van der Waals surface area contributed by atoms with Crippen LogP contribution in [0.2, 0.25) is 5.02 Å². The molecule has 0 heterocycles. The first-order chi connectivity index (χ1) is 8.12. The van der Waals surface area contributed by atoms with Gasteiger partial charge in [0.1, 0.15) is 0 Å². The van der Waals surface area contributed by atoms with E-state index in [2.05, 4.69) is 31.4 Å². The van der Waals surface area contributed by atoms with Crippen molar-refractivity contribution in [2.75, 3.05) is 0 Å². The zero-order chi connectivity index (χ0) is 12.8. The van der Waals surface area contributed by atoms with Crippen LogP contribution >= 0.6 is 11.6 Å². The highest BCUT2D eigenvalue weighted by Crippen LogP contribution is 2.29. The maximum Gasteiger partial charge on any atom is 0.0477 e. The number of rotatable bonds is 6. The van der Waals surface area contributed by atoms with Crippen LogP contribution in [0.3, 0.4) is 0 Å². The summed E-state index contributed by atoms with van der Waals surface area (Å²) in [6.45, 7) is 6.48. The van der Waals surface area contributed by atoms with Crippen LogP contribution in [0.4, 0.5) is 0 Å². The second-order valence-electron chi connectivity index (χ2n) is 4.66. The molecule has 1 aromatic rings. The molecule has 96 valence electrons. The van der Waals surface area contributed by atoms with E-state index in [1.165, 1.54) is 18.4 Å². The van der Waals surface area contributed by atoms with Crippen molar-refractivity contribution < 1.29 is 0 Å². The lowest BCUT2D eigenvalue weighted by molar-refractivity contribution is 0.375. The summed E-state index contributed by atoms with van der Waals surface area (Å²) < 4.78 is 0. The lowest BCUT2D eigenvalue weighted by atomic mass is 9.91. The Balaban J connectivity index is 2.85. The number of aryl methyl sites for hydroxylation is 1. The molecule has 1 aromatic carbocycles. The van der Waals surface area contributed by atoms with Crippen molar-refractivity contribution in [3.63, 3.8) is 0 Å². The van der Waals surface area contributed by atoms with E-state index in [0.29, 0.717) is 5.92 Å². The van der Waals surface area contributed by atoms with Gasteiger partial charge < -0.3 is 0 Å². The molecule has 1 rings (SSSR count). The summed E-state index contributed by atoms with van der Waals surface area (Å²) in [7, 11) is 0. The number of nitrogens with two attached hydrogens (primary N) is 1. The van der Waals surface area contributed by atoms with Crippen molar-refractivity contribution in [1.29, 1.82) is 0 Å². The number of benzene rings is 1. The Morgan fingerprint density at radius 3 is 2.41 bits per heavy atom. The number of halogens is 1. The van der Waals surface area contributed by atoms with Crippen LogP contribution in [0, 0.1) is 12.8 Å². The van der Waals surface area contributed by atoms with E-state index in [1.54, 1.807) is 0 Å². The van der Waals surface area contributed by atoms with Crippen molar-refractivity contribution in [2.45, 2.75) is 46.1 Å². The van der Waals surface area contributed by atoms with Gasteiger partial charge in [-0.2, -0.15) is 0 Å². The molecule has 0 bridgehead atoms. The zero-order valence-electron chi connectivity index (χ0n) is 11.0. The Kier molecular flexibility index (Phi) is 5.96. The third-order valence-corrected chi connectivity index (χ3v) is 3.78. The third-order valence-electron chi connectivity index (χ3n) is 3.46. The summed E-state index contributed by atoms with van der Waals surface area (Å²) >= 11 is 6.28. The highest BCUT2D eigenvalue weighted by molar-refractivity contribution is 6.31. The van der Waals surface area contributed by atoms with E-state index in [0.717, 1.165) is 17.0 Å². The highest BCUT2D eigenvalue weighted by Gasteiger charge is 2.17. The van der Waals surface area contributed by atoms with Gasteiger partial charge in [0.05, 0.1) is 0 Å². The third kappa shape index (κ3) is 3.98. The Morgan fingerprint density at radius 2 is 1.94 bits per heavy atom. The maximum atomic E-state index is 6.28. The standard InChI is InChI=1S/C14H23ClN2/c1-4-11(5-2)9-14(17-16)12-7-6-10(3)8-13(12)15/h6-8,11,14,17H,4-5,9,16H2,1-3H3. The number of nitrogens with one attached hydrogen (secondary N) is 1. The maximum absolute atomic E-state index is 6.28. The Morgan fingerprint density at radius 1 is 1.29 bits per heavy atom. The van der Waals surface area contributed by atoms with Crippen LogP contribution in [0.15, 0.2) is 18.2 Å². The predicted octanol–water partition coefficient (Wildman–Crippen LogP) is 3.98. The van der Waals surface area contributed by atoms with Gasteiger partial charge in [0.25, 0.3) is 0 Å². The lowest BCUT2D eigenvalue weighted by Gasteiger charge is -2.22. The zero-order valence-corrected chi connectivity index (χ0v) is 11.7. The average Bonchev–Trinajstić information content (AvgIpc) is 2.32. The minimum absolute atomic E-state index is 0.146. The predicted molar refractivity (Wildman–Crippen MR) is 74.9 cm³/mol. The first-order valence-corrected chi connectivity index (χ1v) is 6.72. The number of hydrogen-bond donors (Lipinski definition) is 2. The molecule has 0 fully saturated rings. The van der Waals surface area contributed by atoms with Gasteiger partial charge in [-0.15, -0.1) is 0 Å². The van der Waals surface area contributed by atoms with Crippen molar-refractivity contribution in [2.24, 2.45) is 11.8 Å². The van der Waals surface area contributed by atoms with Gasteiger partial charge in [-0.1, -0.05) is 50.4 Å². The molecule has 1 unspecified atom stereocenters. The number of hydrogen-bond acceptors (Lipinski definition) is 2. The molecule has 0 saturated carbocycles. The molecule has 17 heavy (non-hydrogen) atoms. The van der Waals surface area contributed by atoms with Crippen molar-refractivity contribution in [1.82, 2.24) is 5.43 Å². The first-order valence-electron chi connectivity index (χ1n) is 6.34. The molecule has 0 radical (unpaired) electrons. The van der Waals surface area contributed by atoms with E-state index in [4.69, 9.17) is 17.4 Å². The first kappa shape index (κ1) is 14.5. The fraction of sp³-hybridized carbons (Fsp3) is 0.571. The molecule has 0 spiro atoms. The van der Waals surface area contributed by atoms with Gasteiger partial charge in [0, 0.05) is 11.1 Å². The van der Waals surface area contributed by atoms with E-state index >= 15 is 0 Å². The smallest absolute Gasteiger partial charge is 0.0477 e. The van der Waals surface area contributed by atoms with Crippen LogP contribution in [-0.4, -0.2) is 0 Å². The quantitative estimate of drug-likeness (QED) is 0.595. The van der Waals surface area contributed by atoms with Gasteiger partial charge in [-0.3, -0.25) is 11.3 Å². The molecular formula is C14H23ClN2. The average molecular weight is 255 g/mol. The molecule has 0 aliphatic heterocycles. The van der Waals surface area contributed by atoms with Crippen LogP contribution in [0.1, 0.15) is 50.3 Å². The molecule has 0 saturated heterocycles. The minimum atomic E-state index is 0.146. The second-order valence-corrected chi connectivity index (χ2v) is 5.07. The van der Waals surface area contributed by atoms with Crippen molar-refractivity contribution in [3.05, 3.63) is 34.3 Å². The molecule has 0 aromatic heterocycles. The highest BCUT2D eigenvalue weighted by atomic mass is 35.5. The molecule has 3 N–H and O–H groups in total. The summed E-state index contributed by atoms with van der Waals surface area (Å²) in [4.78, 5) is 0. The Bertz CT molecular complexity index is 348. The van der Waals surface area contributed by atoms with Crippen LogP contribution in [-0.2, 0) is 0 Å². The topological polar surface area (TPSA) is 38.0 Å². The van der Waals surface area contributed by atoms with Gasteiger partial charge in [0.2, 0.25) is 0 Å². The molecular weight excluding hydrogens is 232 g/mol. The molecule has 0 aliphatic rings. The summed E-state index contributed by atoms with van der Waals surface area (Å²) in [6.07, 6.45) is 3.39. The molecule has 0 amide bonds. The SMILES string of the molecule is CCC(CC)CC(NN)c1ccc(C)cc1Cl. The fourth-order valence-electron chi connectivity index (χ4n) is 2.15. The molecule has 1 atom stereocenters. The summed E-state index contributed by atoms with van der Waals surface area (Å²) in [5.74, 6) is 6.35. The van der Waals surface area contributed by atoms with E-state index in [9.17, 15) is 0 Å². The van der Waals surface area contributed by atoms with Crippen LogP contribution in [0.25, 0.3) is 0 Å². The van der Waals surface area contributed by atoms with Gasteiger partial charge >= 0.3 is 0 Å². The second kappa shape index (κ2) is 7.00.